The standard InChI is InChI=1S/C32H30F2N4O5/c33-23-4-5-29(22(13-23)16-35)42-19-20-2-1-3-25(12-20)43-24-6-9-37(10-7-24)18-30-36-31-27(34)14-21(32(39)40)15-28(31)38(30)17-26-8-11-41-26/h1-5,12-15,24,26H,6-11,17-19H2,(H,39,40). The van der Waals surface area contributed by atoms with Gasteiger partial charge in [-0.15, -0.1) is 0 Å². The Bertz CT molecular complexity index is 1690. The van der Waals surface area contributed by atoms with Crippen LogP contribution in [0.3, 0.4) is 0 Å². The van der Waals surface area contributed by atoms with Gasteiger partial charge >= 0.3 is 5.97 Å². The molecule has 0 saturated carbocycles. The molecule has 0 radical (unpaired) electrons. The molecule has 6 rings (SSSR count). The summed E-state index contributed by atoms with van der Waals surface area (Å²) in [6, 6.07) is 15.9. The number of benzene rings is 3. The minimum atomic E-state index is -1.18. The third kappa shape index (κ3) is 6.45. The highest BCUT2D eigenvalue weighted by molar-refractivity contribution is 5.92. The van der Waals surface area contributed by atoms with Crippen molar-refractivity contribution < 1.29 is 32.9 Å². The number of carbonyl (C=O) groups is 1. The molecule has 11 heteroatoms. The summed E-state index contributed by atoms with van der Waals surface area (Å²) in [5.41, 5.74) is 1.53. The van der Waals surface area contributed by atoms with Gasteiger partial charge in [-0.1, -0.05) is 12.1 Å². The second-order valence-electron chi connectivity index (χ2n) is 10.8. The number of likely N-dealkylation sites (tertiary alicyclic amines) is 1. The molecule has 2 fully saturated rings. The first kappa shape index (κ1) is 28.6. The van der Waals surface area contributed by atoms with Crippen LogP contribution < -0.4 is 9.47 Å². The van der Waals surface area contributed by atoms with Crippen molar-refractivity contribution in [3.05, 3.63) is 88.7 Å². The Kier molecular flexibility index (Phi) is 8.22. The summed E-state index contributed by atoms with van der Waals surface area (Å²) in [6.45, 7) is 3.38. The maximum absolute atomic E-state index is 14.8. The SMILES string of the molecule is N#Cc1cc(F)ccc1OCc1cccc(OC2CCN(Cc3nc4c(F)cc(C(=O)O)cc4n3CC3CCO3)CC2)c1. The van der Waals surface area contributed by atoms with E-state index < -0.39 is 17.6 Å². The summed E-state index contributed by atoms with van der Waals surface area (Å²) in [5.74, 6) is -0.605. The lowest BCUT2D eigenvalue weighted by atomic mass is 10.1. The van der Waals surface area contributed by atoms with Crippen LogP contribution in [0.2, 0.25) is 0 Å². The van der Waals surface area contributed by atoms with Crippen LogP contribution in [0.4, 0.5) is 8.78 Å². The first-order chi connectivity index (χ1) is 20.9. The topological polar surface area (TPSA) is 110 Å². The predicted molar refractivity (Wildman–Crippen MR) is 152 cm³/mol. The quantitative estimate of drug-likeness (QED) is 0.266. The van der Waals surface area contributed by atoms with Gasteiger partial charge in [0.05, 0.1) is 35.8 Å². The maximum atomic E-state index is 14.8. The van der Waals surface area contributed by atoms with E-state index in [0.29, 0.717) is 42.5 Å². The lowest BCUT2D eigenvalue weighted by Gasteiger charge is -2.32. The van der Waals surface area contributed by atoms with Gasteiger partial charge in [-0.05, 0) is 67.3 Å². The van der Waals surface area contributed by atoms with E-state index in [1.807, 2.05) is 34.9 Å². The molecule has 2 saturated heterocycles. The van der Waals surface area contributed by atoms with Crippen molar-refractivity contribution in [3.8, 4) is 17.6 Å². The first-order valence-corrected chi connectivity index (χ1v) is 14.2. The molecule has 1 aromatic heterocycles. The summed E-state index contributed by atoms with van der Waals surface area (Å²) >= 11 is 0. The number of hydrogen-bond donors (Lipinski definition) is 1. The molecule has 43 heavy (non-hydrogen) atoms. The van der Waals surface area contributed by atoms with Gasteiger partial charge in [0.25, 0.3) is 0 Å². The fourth-order valence-electron chi connectivity index (χ4n) is 5.47. The van der Waals surface area contributed by atoms with Crippen LogP contribution in [-0.2, 0) is 24.4 Å². The zero-order chi connectivity index (χ0) is 29.9. The number of nitriles is 1. The molecule has 1 atom stereocenters. The van der Waals surface area contributed by atoms with Crippen LogP contribution in [0, 0.1) is 23.0 Å². The molecule has 4 aromatic rings. The summed E-state index contributed by atoms with van der Waals surface area (Å²) in [5, 5.41) is 18.7. The van der Waals surface area contributed by atoms with Crippen LogP contribution in [-0.4, -0.2) is 57.4 Å². The first-order valence-electron chi connectivity index (χ1n) is 14.2. The minimum Gasteiger partial charge on any atom is -0.490 e. The number of fused-ring (bicyclic) bond motifs is 1. The van der Waals surface area contributed by atoms with E-state index >= 15 is 0 Å². The fraction of sp³-hybridized carbons (Fsp3) is 0.344. The molecule has 3 aromatic carbocycles. The summed E-state index contributed by atoms with van der Waals surface area (Å²) in [6.07, 6.45) is 2.46. The van der Waals surface area contributed by atoms with E-state index in [1.54, 1.807) is 0 Å². The Hall–Kier alpha value is -4.53. The van der Waals surface area contributed by atoms with Gasteiger partial charge in [0.15, 0.2) is 5.82 Å². The number of carboxylic acid groups (broad SMARTS) is 1. The molecular weight excluding hydrogens is 558 g/mol. The van der Waals surface area contributed by atoms with Crippen molar-refractivity contribution in [2.24, 2.45) is 0 Å². The van der Waals surface area contributed by atoms with Crippen molar-refractivity contribution in [3.63, 3.8) is 0 Å². The van der Waals surface area contributed by atoms with Gasteiger partial charge in [-0.2, -0.15) is 5.26 Å². The van der Waals surface area contributed by atoms with E-state index in [2.05, 4.69) is 9.88 Å². The summed E-state index contributed by atoms with van der Waals surface area (Å²) in [7, 11) is 0. The Morgan fingerprint density at radius 3 is 2.65 bits per heavy atom. The number of imidazole rings is 1. The number of rotatable bonds is 10. The number of aromatic carboxylic acids is 1. The monoisotopic (exact) mass is 588 g/mol. The molecule has 0 aliphatic carbocycles. The van der Waals surface area contributed by atoms with E-state index in [4.69, 9.17) is 14.2 Å². The third-order valence-electron chi connectivity index (χ3n) is 7.87. The van der Waals surface area contributed by atoms with Crippen LogP contribution in [0.5, 0.6) is 11.5 Å². The number of carboxylic acids is 1. The van der Waals surface area contributed by atoms with E-state index in [-0.39, 0.29) is 35.5 Å². The van der Waals surface area contributed by atoms with Crippen LogP contribution in [0.25, 0.3) is 11.0 Å². The van der Waals surface area contributed by atoms with Crippen molar-refractivity contribution in [1.82, 2.24) is 14.5 Å². The van der Waals surface area contributed by atoms with Gasteiger partial charge in [0.1, 0.15) is 47.4 Å². The van der Waals surface area contributed by atoms with Gasteiger partial charge < -0.3 is 23.9 Å². The minimum absolute atomic E-state index is 0.00270. The lowest BCUT2D eigenvalue weighted by Crippen LogP contribution is -2.39. The number of aromatic nitrogens is 2. The average Bonchev–Trinajstić information content (AvgIpc) is 3.32. The van der Waals surface area contributed by atoms with Crippen LogP contribution >= 0.6 is 0 Å². The second-order valence-corrected chi connectivity index (χ2v) is 10.8. The Morgan fingerprint density at radius 1 is 1.12 bits per heavy atom. The van der Waals surface area contributed by atoms with Crippen LogP contribution in [0.1, 0.15) is 46.6 Å². The molecule has 1 N–H and O–H groups in total. The average molecular weight is 589 g/mol. The number of nitrogens with zero attached hydrogens (tertiary/aromatic N) is 4. The predicted octanol–water partition coefficient (Wildman–Crippen LogP) is 5.30. The Balaban J connectivity index is 1.08. The highest BCUT2D eigenvalue weighted by Crippen LogP contribution is 2.27. The highest BCUT2D eigenvalue weighted by Gasteiger charge is 2.27. The summed E-state index contributed by atoms with van der Waals surface area (Å²) in [4.78, 5) is 18.4. The second kappa shape index (κ2) is 12.4. The van der Waals surface area contributed by atoms with Gasteiger partial charge in [0.2, 0.25) is 0 Å². The molecule has 9 nitrogen and oxygen atoms in total. The number of hydrogen-bond acceptors (Lipinski definition) is 7. The highest BCUT2D eigenvalue weighted by atomic mass is 19.1. The fourth-order valence-corrected chi connectivity index (χ4v) is 5.47. The number of halogens is 2. The normalized spacial score (nSPS) is 17.4. The molecule has 0 bridgehead atoms. The van der Waals surface area contributed by atoms with Crippen LogP contribution in [0.15, 0.2) is 54.6 Å². The smallest absolute Gasteiger partial charge is 0.335 e. The Morgan fingerprint density at radius 2 is 1.93 bits per heavy atom. The third-order valence-corrected chi connectivity index (χ3v) is 7.87. The zero-order valence-electron chi connectivity index (χ0n) is 23.3. The van der Waals surface area contributed by atoms with Crippen molar-refractivity contribution in [1.29, 1.82) is 5.26 Å². The molecular formula is C32H30F2N4O5. The van der Waals surface area contributed by atoms with E-state index in [1.165, 1.54) is 18.2 Å². The Labute approximate surface area is 246 Å². The summed E-state index contributed by atoms with van der Waals surface area (Å²) < 4.78 is 47.8. The molecule has 2 aliphatic rings. The maximum Gasteiger partial charge on any atom is 0.335 e. The molecule has 222 valence electrons. The van der Waals surface area contributed by atoms with Crippen molar-refractivity contribution in [2.45, 2.75) is 51.2 Å². The molecule has 0 spiro atoms. The molecule has 2 aliphatic heterocycles. The van der Waals surface area contributed by atoms with Crippen molar-refractivity contribution in [2.75, 3.05) is 19.7 Å². The van der Waals surface area contributed by atoms with E-state index in [9.17, 15) is 23.9 Å². The lowest BCUT2D eigenvalue weighted by molar-refractivity contribution is -0.0592. The largest absolute Gasteiger partial charge is 0.490 e. The van der Waals surface area contributed by atoms with E-state index in [0.717, 1.165) is 50.0 Å². The van der Waals surface area contributed by atoms with Crippen molar-refractivity contribution >= 4 is 17.0 Å². The van der Waals surface area contributed by atoms with Gasteiger partial charge in [0, 0.05) is 19.7 Å². The molecule has 0 amide bonds. The number of piperidine rings is 1. The zero-order valence-corrected chi connectivity index (χ0v) is 23.3. The van der Waals surface area contributed by atoms with Gasteiger partial charge in [-0.3, -0.25) is 4.90 Å². The van der Waals surface area contributed by atoms with Gasteiger partial charge in [-0.25, -0.2) is 18.6 Å². The number of ether oxygens (including phenoxy) is 3. The molecule has 1 unspecified atom stereocenters. The molecule has 3 heterocycles.